The van der Waals surface area contributed by atoms with E-state index in [1.807, 2.05) is 0 Å². The topological polar surface area (TPSA) is 82.0 Å². The highest BCUT2D eigenvalue weighted by atomic mass is 19.1. The first-order chi connectivity index (χ1) is 8.65. The number of nitrogens with one attached hydrogen (secondary N) is 2. The van der Waals surface area contributed by atoms with Crippen molar-refractivity contribution in [2.75, 3.05) is 13.1 Å². The van der Waals surface area contributed by atoms with Gasteiger partial charge in [0.1, 0.15) is 12.2 Å². The van der Waals surface area contributed by atoms with Gasteiger partial charge in [-0.15, -0.1) is 0 Å². The van der Waals surface area contributed by atoms with Gasteiger partial charge in [-0.05, 0) is 12.1 Å². The summed E-state index contributed by atoms with van der Waals surface area (Å²) in [6.45, 7) is 0.366. The summed E-state index contributed by atoms with van der Waals surface area (Å²) in [4.78, 5) is 22.4. The maximum absolute atomic E-state index is 13.2. The SMILES string of the molecule is N#CCC(=O)NCCNC(=O)c1ccccc1F. The molecule has 0 unspecified atom stereocenters. The molecule has 0 saturated heterocycles. The van der Waals surface area contributed by atoms with E-state index in [9.17, 15) is 14.0 Å². The molecule has 6 heteroatoms. The van der Waals surface area contributed by atoms with E-state index in [2.05, 4.69) is 10.6 Å². The van der Waals surface area contributed by atoms with E-state index in [4.69, 9.17) is 5.26 Å². The van der Waals surface area contributed by atoms with Gasteiger partial charge < -0.3 is 10.6 Å². The van der Waals surface area contributed by atoms with Crippen LogP contribution in [0.3, 0.4) is 0 Å². The van der Waals surface area contributed by atoms with Crippen molar-refractivity contribution in [3.8, 4) is 6.07 Å². The molecule has 0 fully saturated rings. The van der Waals surface area contributed by atoms with E-state index in [0.717, 1.165) is 0 Å². The van der Waals surface area contributed by atoms with E-state index in [1.54, 1.807) is 12.1 Å². The standard InChI is InChI=1S/C12H12FN3O2/c13-10-4-2-1-3-9(10)12(18)16-8-7-15-11(17)5-6-14/h1-4H,5,7-8H2,(H,15,17)(H,16,18). The molecule has 0 aliphatic heterocycles. The second-order valence-electron chi connectivity index (χ2n) is 3.42. The monoisotopic (exact) mass is 249 g/mol. The fourth-order valence-corrected chi connectivity index (χ4v) is 1.25. The molecule has 0 aromatic heterocycles. The van der Waals surface area contributed by atoms with Crippen LogP contribution in [0.4, 0.5) is 4.39 Å². The molecule has 0 radical (unpaired) electrons. The maximum atomic E-state index is 13.2. The highest BCUT2D eigenvalue weighted by Crippen LogP contribution is 2.05. The molecule has 1 aromatic carbocycles. The number of nitrogens with zero attached hydrogens (tertiary/aromatic N) is 1. The number of halogens is 1. The predicted octanol–water partition coefficient (Wildman–Crippen LogP) is 0.585. The molecule has 5 nitrogen and oxygen atoms in total. The highest BCUT2D eigenvalue weighted by Gasteiger charge is 2.09. The number of carbonyl (C=O) groups is 2. The van der Waals surface area contributed by atoms with Gasteiger partial charge in [0, 0.05) is 13.1 Å². The van der Waals surface area contributed by atoms with Crippen molar-refractivity contribution in [1.82, 2.24) is 10.6 Å². The van der Waals surface area contributed by atoms with Crippen LogP contribution >= 0.6 is 0 Å². The van der Waals surface area contributed by atoms with Crippen molar-refractivity contribution < 1.29 is 14.0 Å². The Morgan fingerprint density at radius 3 is 2.56 bits per heavy atom. The minimum absolute atomic E-state index is 0.0409. The number of nitriles is 1. The van der Waals surface area contributed by atoms with Gasteiger partial charge in [0.2, 0.25) is 5.91 Å². The third-order valence-corrected chi connectivity index (χ3v) is 2.09. The van der Waals surface area contributed by atoms with Gasteiger partial charge in [-0.1, -0.05) is 12.1 Å². The van der Waals surface area contributed by atoms with Gasteiger partial charge in [-0.2, -0.15) is 5.26 Å². The van der Waals surface area contributed by atoms with Crippen LogP contribution in [0.15, 0.2) is 24.3 Å². The largest absolute Gasteiger partial charge is 0.353 e. The normalized spacial score (nSPS) is 9.33. The summed E-state index contributed by atoms with van der Waals surface area (Å²) >= 11 is 0. The van der Waals surface area contributed by atoms with Crippen molar-refractivity contribution >= 4 is 11.8 Å². The molecule has 2 amide bonds. The zero-order valence-electron chi connectivity index (χ0n) is 9.57. The van der Waals surface area contributed by atoms with E-state index in [1.165, 1.54) is 18.2 Å². The van der Waals surface area contributed by atoms with E-state index >= 15 is 0 Å². The molecule has 1 aromatic rings. The Labute approximate surface area is 104 Å². The Hall–Kier alpha value is -2.42. The predicted molar refractivity (Wildman–Crippen MR) is 62.0 cm³/mol. The molecular weight excluding hydrogens is 237 g/mol. The van der Waals surface area contributed by atoms with Crippen molar-refractivity contribution in [2.45, 2.75) is 6.42 Å². The zero-order valence-corrected chi connectivity index (χ0v) is 9.57. The summed E-state index contributed by atoms with van der Waals surface area (Å²) in [5.74, 6) is -1.54. The van der Waals surface area contributed by atoms with E-state index < -0.39 is 17.6 Å². The smallest absolute Gasteiger partial charge is 0.254 e. The van der Waals surface area contributed by atoms with Crippen LogP contribution < -0.4 is 10.6 Å². The molecule has 0 bridgehead atoms. The first-order valence-corrected chi connectivity index (χ1v) is 5.31. The van der Waals surface area contributed by atoms with E-state index in [-0.39, 0.29) is 25.1 Å². The van der Waals surface area contributed by atoms with Crippen molar-refractivity contribution in [3.63, 3.8) is 0 Å². The van der Waals surface area contributed by atoms with Crippen LogP contribution in [-0.4, -0.2) is 24.9 Å². The lowest BCUT2D eigenvalue weighted by atomic mass is 10.2. The van der Waals surface area contributed by atoms with Crippen molar-refractivity contribution in [1.29, 1.82) is 5.26 Å². The summed E-state index contributed by atoms with van der Waals surface area (Å²) in [6, 6.07) is 7.33. The Morgan fingerprint density at radius 1 is 1.22 bits per heavy atom. The molecule has 2 N–H and O–H groups in total. The molecule has 0 spiro atoms. The van der Waals surface area contributed by atoms with Crippen LogP contribution in [0.25, 0.3) is 0 Å². The molecular formula is C12H12FN3O2. The van der Waals surface area contributed by atoms with E-state index in [0.29, 0.717) is 0 Å². The van der Waals surface area contributed by atoms with Crippen LogP contribution in [0.5, 0.6) is 0 Å². The first kappa shape index (κ1) is 13.6. The van der Waals surface area contributed by atoms with Crippen molar-refractivity contribution in [2.24, 2.45) is 0 Å². The van der Waals surface area contributed by atoms with Gasteiger partial charge in [0.15, 0.2) is 0 Å². The lowest BCUT2D eigenvalue weighted by Crippen LogP contribution is -2.34. The van der Waals surface area contributed by atoms with Crippen molar-refractivity contribution in [3.05, 3.63) is 35.6 Å². The molecule has 18 heavy (non-hydrogen) atoms. The number of hydrogen-bond acceptors (Lipinski definition) is 3. The third kappa shape index (κ3) is 4.22. The molecule has 0 heterocycles. The zero-order chi connectivity index (χ0) is 13.4. The minimum atomic E-state index is -0.594. The molecule has 0 aliphatic carbocycles. The average molecular weight is 249 g/mol. The van der Waals surface area contributed by atoms with Crippen LogP contribution in [0, 0.1) is 17.1 Å². The average Bonchev–Trinajstić information content (AvgIpc) is 2.35. The molecule has 0 aliphatic rings. The van der Waals surface area contributed by atoms with Crippen LogP contribution in [0.2, 0.25) is 0 Å². The lowest BCUT2D eigenvalue weighted by molar-refractivity contribution is -0.120. The molecule has 0 saturated carbocycles. The minimum Gasteiger partial charge on any atom is -0.353 e. The van der Waals surface area contributed by atoms with Gasteiger partial charge in [0.05, 0.1) is 11.6 Å². The molecule has 94 valence electrons. The molecule has 0 atom stereocenters. The first-order valence-electron chi connectivity index (χ1n) is 5.31. The van der Waals surface area contributed by atoms with Crippen LogP contribution in [0.1, 0.15) is 16.8 Å². The Bertz CT molecular complexity index is 482. The number of hydrogen-bond donors (Lipinski definition) is 2. The van der Waals surface area contributed by atoms with Gasteiger partial charge in [-0.3, -0.25) is 9.59 Å². The van der Waals surface area contributed by atoms with Gasteiger partial charge in [-0.25, -0.2) is 4.39 Å². The molecule has 1 rings (SSSR count). The number of carbonyl (C=O) groups excluding carboxylic acids is 2. The summed E-state index contributed by atoms with van der Waals surface area (Å²) in [6.07, 6.45) is -0.221. The number of rotatable bonds is 5. The fourth-order valence-electron chi connectivity index (χ4n) is 1.25. The summed E-state index contributed by atoms with van der Waals surface area (Å²) in [5, 5.41) is 13.1. The second kappa shape index (κ2) is 7.01. The Kier molecular flexibility index (Phi) is 5.32. The third-order valence-electron chi connectivity index (χ3n) is 2.09. The van der Waals surface area contributed by atoms with Crippen LogP contribution in [-0.2, 0) is 4.79 Å². The number of benzene rings is 1. The summed E-state index contributed by atoms with van der Waals surface area (Å²) < 4.78 is 13.2. The van der Waals surface area contributed by atoms with Gasteiger partial charge >= 0.3 is 0 Å². The summed E-state index contributed by atoms with van der Waals surface area (Å²) in [7, 11) is 0. The number of amides is 2. The quantitative estimate of drug-likeness (QED) is 0.749. The van der Waals surface area contributed by atoms with Gasteiger partial charge in [0.25, 0.3) is 5.91 Å². The maximum Gasteiger partial charge on any atom is 0.254 e. The second-order valence-corrected chi connectivity index (χ2v) is 3.42. The lowest BCUT2D eigenvalue weighted by Gasteiger charge is -2.06. The Balaban J connectivity index is 2.33. The highest BCUT2D eigenvalue weighted by molar-refractivity contribution is 5.94. The summed E-state index contributed by atoms with van der Waals surface area (Å²) in [5.41, 5.74) is -0.0409. The fraction of sp³-hybridized carbons (Fsp3) is 0.250. The Morgan fingerprint density at radius 2 is 1.89 bits per heavy atom.